The maximum absolute atomic E-state index is 5.54. The van der Waals surface area contributed by atoms with Crippen LogP contribution >= 0.6 is 0 Å². The van der Waals surface area contributed by atoms with Crippen LogP contribution in [0.4, 0.5) is 0 Å². The standard InChI is InChI=1S/C12H24N2/c1-10(7-13)8-14-6-5-11(9-14)12(2,3)4/h11H,1,5-9,13H2,2-4H3. The zero-order valence-corrected chi connectivity index (χ0v) is 9.84. The van der Waals surface area contributed by atoms with Gasteiger partial charge in [0.1, 0.15) is 0 Å². The maximum Gasteiger partial charge on any atom is 0.0202 e. The summed E-state index contributed by atoms with van der Waals surface area (Å²) in [6, 6.07) is 0. The Morgan fingerprint density at radius 1 is 1.50 bits per heavy atom. The molecule has 0 saturated carbocycles. The summed E-state index contributed by atoms with van der Waals surface area (Å²) in [5.41, 5.74) is 7.14. The first-order valence-corrected chi connectivity index (χ1v) is 5.52. The Bertz CT molecular complexity index is 203. The van der Waals surface area contributed by atoms with E-state index in [1.165, 1.54) is 19.5 Å². The van der Waals surface area contributed by atoms with Gasteiger partial charge < -0.3 is 5.73 Å². The van der Waals surface area contributed by atoms with Gasteiger partial charge in [-0.1, -0.05) is 27.4 Å². The molecule has 0 aromatic heterocycles. The average Bonchev–Trinajstić information content (AvgIpc) is 2.51. The first-order chi connectivity index (χ1) is 6.43. The van der Waals surface area contributed by atoms with Gasteiger partial charge >= 0.3 is 0 Å². The predicted molar refractivity (Wildman–Crippen MR) is 62.2 cm³/mol. The van der Waals surface area contributed by atoms with E-state index in [0.29, 0.717) is 12.0 Å². The molecule has 0 aliphatic carbocycles. The summed E-state index contributed by atoms with van der Waals surface area (Å²) < 4.78 is 0. The van der Waals surface area contributed by atoms with Crippen molar-refractivity contribution in [1.82, 2.24) is 4.90 Å². The molecular weight excluding hydrogens is 172 g/mol. The van der Waals surface area contributed by atoms with Gasteiger partial charge in [-0.2, -0.15) is 0 Å². The molecule has 2 N–H and O–H groups in total. The summed E-state index contributed by atoms with van der Waals surface area (Å²) in [5.74, 6) is 0.827. The first kappa shape index (κ1) is 11.7. The van der Waals surface area contributed by atoms with Crippen molar-refractivity contribution in [2.75, 3.05) is 26.2 Å². The lowest BCUT2D eigenvalue weighted by Crippen LogP contribution is -2.28. The molecule has 0 aromatic carbocycles. The van der Waals surface area contributed by atoms with Gasteiger partial charge in [-0.25, -0.2) is 0 Å². The summed E-state index contributed by atoms with van der Waals surface area (Å²) in [7, 11) is 0. The third kappa shape index (κ3) is 3.10. The van der Waals surface area contributed by atoms with E-state index in [0.717, 1.165) is 18.0 Å². The smallest absolute Gasteiger partial charge is 0.0202 e. The number of nitrogens with zero attached hydrogens (tertiary/aromatic N) is 1. The predicted octanol–water partition coefficient (Wildman–Crippen LogP) is 1.87. The van der Waals surface area contributed by atoms with Gasteiger partial charge in [-0.15, -0.1) is 0 Å². The molecule has 0 bridgehead atoms. The molecule has 1 saturated heterocycles. The zero-order valence-electron chi connectivity index (χ0n) is 9.84. The second kappa shape index (κ2) is 4.45. The Labute approximate surface area is 88.2 Å². The quantitative estimate of drug-likeness (QED) is 0.698. The lowest BCUT2D eigenvalue weighted by molar-refractivity contribution is 0.234. The molecule has 0 aromatic rings. The minimum absolute atomic E-state index is 0.443. The van der Waals surface area contributed by atoms with Crippen LogP contribution in [0.1, 0.15) is 27.2 Å². The molecule has 14 heavy (non-hydrogen) atoms. The molecule has 0 amide bonds. The normalized spacial score (nSPS) is 24.1. The van der Waals surface area contributed by atoms with Crippen molar-refractivity contribution < 1.29 is 0 Å². The lowest BCUT2D eigenvalue weighted by Gasteiger charge is -2.27. The van der Waals surface area contributed by atoms with Gasteiger partial charge in [0.15, 0.2) is 0 Å². The van der Waals surface area contributed by atoms with Crippen LogP contribution in [0.5, 0.6) is 0 Å². The van der Waals surface area contributed by atoms with E-state index in [2.05, 4.69) is 32.3 Å². The Hall–Kier alpha value is -0.340. The fraction of sp³-hybridized carbons (Fsp3) is 0.833. The van der Waals surface area contributed by atoms with Crippen LogP contribution in [0.25, 0.3) is 0 Å². The van der Waals surface area contributed by atoms with E-state index >= 15 is 0 Å². The molecule has 1 aliphatic heterocycles. The average molecular weight is 196 g/mol. The van der Waals surface area contributed by atoms with Crippen LogP contribution in [0.15, 0.2) is 12.2 Å². The number of rotatable bonds is 3. The van der Waals surface area contributed by atoms with Gasteiger partial charge in [0.2, 0.25) is 0 Å². The van der Waals surface area contributed by atoms with Crippen LogP contribution in [0.2, 0.25) is 0 Å². The van der Waals surface area contributed by atoms with Gasteiger partial charge in [0, 0.05) is 19.6 Å². The molecule has 0 spiro atoms. The largest absolute Gasteiger partial charge is 0.327 e. The third-order valence-corrected chi connectivity index (χ3v) is 3.23. The maximum atomic E-state index is 5.54. The monoisotopic (exact) mass is 196 g/mol. The van der Waals surface area contributed by atoms with E-state index in [1.807, 2.05) is 0 Å². The van der Waals surface area contributed by atoms with E-state index in [-0.39, 0.29) is 0 Å². The van der Waals surface area contributed by atoms with Crippen molar-refractivity contribution >= 4 is 0 Å². The number of likely N-dealkylation sites (tertiary alicyclic amines) is 1. The molecule has 1 unspecified atom stereocenters. The van der Waals surface area contributed by atoms with Crippen LogP contribution in [-0.4, -0.2) is 31.1 Å². The van der Waals surface area contributed by atoms with Gasteiger partial charge in [-0.05, 0) is 29.9 Å². The Morgan fingerprint density at radius 3 is 2.57 bits per heavy atom. The second-order valence-corrected chi connectivity index (χ2v) is 5.54. The Balaban J connectivity index is 2.38. The van der Waals surface area contributed by atoms with Crippen LogP contribution in [0.3, 0.4) is 0 Å². The molecule has 1 atom stereocenters. The second-order valence-electron chi connectivity index (χ2n) is 5.54. The molecule has 1 rings (SSSR count). The third-order valence-electron chi connectivity index (χ3n) is 3.23. The number of nitrogens with two attached hydrogens (primary N) is 1. The first-order valence-electron chi connectivity index (χ1n) is 5.52. The van der Waals surface area contributed by atoms with Crippen molar-refractivity contribution in [3.05, 3.63) is 12.2 Å². The van der Waals surface area contributed by atoms with Crippen LogP contribution < -0.4 is 5.73 Å². The molecule has 1 fully saturated rings. The summed E-state index contributed by atoms with van der Waals surface area (Å²) in [6.45, 7) is 15.0. The van der Waals surface area contributed by atoms with Crippen molar-refractivity contribution in [3.8, 4) is 0 Å². The van der Waals surface area contributed by atoms with Crippen molar-refractivity contribution in [2.24, 2.45) is 17.1 Å². The minimum atomic E-state index is 0.443. The van der Waals surface area contributed by atoms with E-state index in [9.17, 15) is 0 Å². The zero-order chi connectivity index (χ0) is 10.8. The summed E-state index contributed by atoms with van der Waals surface area (Å²) >= 11 is 0. The van der Waals surface area contributed by atoms with Crippen molar-refractivity contribution in [3.63, 3.8) is 0 Å². The molecule has 0 radical (unpaired) electrons. The SMILES string of the molecule is C=C(CN)CN1CCC(C(C)(C)C)C1. The molecule has 2 heteroatoms. The number of hydrogen-bond acceptors (Lipinski definition) is 2. The molecule has 82 valence electrons. The highest BCUT2D eigenvalue weighted by atomic mass is 15.1. The minimum Gasteiger partial charge on any atom is -0.327 e. The summed E-state index contributed by atoms with van der Waals surface area (Å²) in [4.78, 5) is 2.48. The summed E-state index contributed by atoms with van der Waals surface area (Å²) in [6.07, 6.45) is 1.32. The highest BCUT2D eigenvalue weighted by Gasteiger charge is 2.31. The van der Waals surface area contributed by atoms with Crippen molar-refractivity contribution in [2.45, 2.75) is 27.2 Å². The fourth-order valence-corrected chi connectivity index (χ4v) is 2.06. The van der Waals surface area contributed by atoms with Gasteiger partial charge in [-0.3, -0.25) is 4.90 Å². The Kier molecular flexibility index (Phi) is 3.73. The molecule has 1 aliphatic rings. The van der Waals surface area contributed by atoms with Gasteiger partial charge in [0.25, 0.3) is 0 Å². The lowest BCUT2D eigenvalue weighted by atomic mass is 9.80. The highest BCUT2D eigenvalue weighted by molar-refractivity contribution is 5.00. The van der Waals surface area contributed by atoms with E-state index in [1.54, 1.807) is 0 Å². The van der Waals surface area contributed by atoms with E-state index < -0.39 is 0 Å². The fourth-order valence-electron chi connectivity index (χ4n) is 2.06. The molecule has 1 heterocycles. The van der Waals surface area contributed by atoms with E-state index in [4.69, 9.17) is 5.73 Å². The topological polar surface area (TPSA) is 29.3 Å². The van der Waals surface area contributed by atoms with Crippen molar-refractivity contribution in [1.29, 1.82) is 0 Å². The summed E-state index contributed by atoms with van der Waals surface area (Å²) in [5, 5.41) is 0. The Morgan fingerprint density at radius 2 is 2.14 bits per heavy atom. The highest BCUT2D eigenvalue weighted by Crippen LogP contribution is 2.33. The molecular formula is C12H24N2. The van der Waals surface area contributed by atoms with Crippen LogP contribution in [-0.2, 0) is 0 Å². The molecule has 2 nitrogen and oxygen atoms in total. The van der Waals surface area contributed by atoms with Crippen LogP contribution in [0, 0.1) is 11.3 Å². The number of hydrogen-bond donors (Lipinski definition) is 1. The van der Waals surface area contributed by atoms with Gasteiger partial charge in [0.05, 0.1) is 0 Å².